The molecule has 0 amide bonds. The van der Waals surface area contributed by atoms with Crippen molar-refractivity contribution in [3.8, 4) is 17.2 Å². The second-order valence-corrected chi connectivity index (χ2v) is 7.27. The molecule has 0 atom stereocenters. The molecule has 154 valence electrons. The van der Waals surface area contributed by atoms with E-state index in [1.165, 1.54) is 24.8 Å². The highest BCUT2D eigenvalue weighted by Gasteiger charge is 2.10. The second kappa shape index (κ2) is 12.3. The molecule has 0 heterocycles. The van der Waals surface area contributed by atoms with Gasteiger partial charge in [-0.15, -0.1) is 0 Å². The summed E-state index contributed by atoms with van der Waals surface area (Å²) >= 11 is 0. The monoisotopic (exact) mass is 385 g/mol. The lowest BCUT2D eigenvalue weighted by Gasteiger charge is -2.16. The summed E-state index contributed by atoms with van der Waals surface area (Å²) in [5.74, 6) is 2.56. The van der Waals surface area contributed by atoms with Gasteiger partial charge in [-0.1, -0.05) is 50.5 Å². The molecule has 4 heteroatoms. The summed E-state index contributed by atoms with van der Waals surface area (Å²) in [6.45, 7) is 8.53. The van der Waals surface area contributed by atoms with Crippen molar-refractivity contribution in [1.29, 1.82) is 0 Å². The van der Waals surface area contributed by atoms with Crippen LogP contribution in [0.1, 0.15) is 57.6 Å². The Kier molecular flexibility index (Phi) is 9.70. The van der Waals surface area contributed by atoms with Crippen LogP contribution in [-0.2, 0) is 13.1 Å². The van der Waals surface area contributed by atoms with Crippen LogP contribution in [0.25, 0.3) is 0 Å². The fraction of sp³-hybridized carbons (Fsp3) is 0.500. The molecule has 0 saturated carbocycles. The highest BCUT2D eigenvalue weighted by Crippen LogP contribution is 2.31. The first-order chi connectivity index (χ1) is 13.6. The predicted octanol–water partition coefficient (Wildman–Crippen LogP) is 5.73. The molecular weight excluding hydrogens is 350 g/mol. The second-order valence-electron chi connectivity index (χ2n) is 7.27. The summed E-state index contributed by atoms with van der Waals surface area (Å²) in [6, 6.07) is 14.3. The van der Waals surface area contributed by atoms with Gasteiger partial charge >= 0.3 is 0 Å². The maximum Gasteiger partial charge on any atom is 0.165 e. The number of para-hydroxylation sites is 1. The third kappa shape index (κ3) is 7.43. The van der Waals surface area contributed by atoms with Gasteiger partial charge in [0.05, 0.1) is 19.8 Å². The van der Waals surface area contributed by atoms with E-state index in [4.69, 9.17) is 14.2 Å². The average molecular weight is 386 g/mol. The molecule has 2 rings (SSSR count). The third-order valence-corrected chi connectivity index (χ3v) is 4.46. The van der Waals surface area contributed by atoms with E-state index in [-0.39, 0.29) is 6.10 Å². The molecule has 0 radical (unpaired) electrons. The maximum absolute atomic E-state index is 6.08. The molecule has 0 aromatic heterocycles. The lowest BCUT2D eigenvalue weighted by atomic mass is 10.1. The van der Waals surface area contributed by atoms with E-state index in [1.54, 1.807) is 7.11 Å². The zero-order valence-corrected chi connectivity index (χ0v) is 17.8. The highest BCUT2D eigenvalue weighted by atomic mass is 16.5. The Morgan fingerprint density at radius 3 is 2.39 bits per heavy atom. The number of benzene rings is 2. The van der Waals surface area contributed by atoms with Crippen molar-refractivity contribution < 1.29 is 14.2 Å². The summed E-state index contributed by atoms with van der Waals surface area (Å²) in [7, 11) is 1.69. The van der Waals surface area contributed by atoms with Gasteiger partial charge in [0, 0.05) is 18.7 Å². The van der Waals surface area contributed by atoms with Gasteiger partial charge in [-0.3, -0.25) is 0 Å². The van der Waals surface area contributed by atoms with Crippen LogP contribution in [0.3, 0.4) is 0 Å². The minimum atomic E-state index is 0.192. The number of rotatable bonds is 13. The van der Waals surface area contributed by atoms with Crippen molar-refractivity contribution in [2.45, 2.75) is 65.6 Å². The van der Waals surface area contributed by atoms with Crippen LogP contribution in [0.5, 0.6) is 17.2 Å². The SMILES string of the molecule is CCCCCCOc1c(CNCc2ccc(OC(C)C)cc2)cccc1OC. The average Bonchev–Trinajstić information content (AvgIpc) is 2.69. The van der Waals surface area contributed by atoms with Crippen LogP contribution in [0, 0.1) is 0 Å². The van der Waals surface area contributed by atoms with Gasteiger partial charge in [0.1, 0.15) is 5.75 Å². The predicted molar refractivity (Wildman–Crippen MR) is 115 cm³/mol. The number of methoxy groups -OCH3 is 1. The highest BCUT2D eigenvalue weighted by molar-refractivity contribution is 5.46. The largest absolute Gasteiger partial charge is 0.493 e. The first-order valence-corrected chi connectivity index (χ1v) is 10.4. The molecule has 0 saturated heterocycles. The zero-order chi connectivity index (χ0) is 20.2. The number of ether oxygens (including phenoxy) is 3. The number of hydrogen-bond donors (Lipinski definition) is 1. The van der Waals surface area contributed by atoms with Crippen LogP contribution in [-0.4, -0.2) is 19.8 Å². The van der Waals surface area contributed by atoms with E-state index in [0.717, 1.165) is 48.9 Å². The molecular formula is C24H35NO3. The molecule has 4 nitrogen and oxygen atoms in total. The minimum absolute atomic E-state index is 0.192. The van der Waals surface area contributed by atoms with Crippen LogP contribution in [0.4, 0.5) is 0 Å². The molecule has 0 aliphatic heterocycles. The van der Waals surface area contributed by atoms with Crippen molar-refractivity contribution in [1.82, 2.24) is 5.32 Å². The normalized spacial score (nSPS) is 10.9. The van der Waals surface area contributed by atoms with E-state index < -0.39 is 0 Å². The molecule has 0 spiro atoms. The van der Waals surface area contributed by atoms with E-state index in [2.05, 4.69) is 30.4 Å². The number of unbranched alkanes of at least 4 members (excludes halogenated alkanes) is 3. The molecule has 0 fully saturated rings. The molecule has 0 unspecified atom stereocenters. The van der Waals surface area contributed by atoms with Gasteiger partial charge in [0.15, 0.2) is 11.5 Å². The Labute approximate surface area is 170 Å². The Bertz CT molecular complexity index is 683. The summed E-state index contributed by atoms with van der Waals surface area (Å²) in [5, 5.41) is 3.50. The lowest BCUT2D eigenvalue weighted by molar-refractivity contribution is 0.242. The van der Waals surface area contributed by atoms with Crippen LogP contribution < -0.4 is 19.5 Å². The van der Waals surface area contributed by atoms with Crippen LogP contribution in [0.15, 0.2) is 42.5 Å². The Hall–Kier alpha value is -2.20. The molecule has 0 aliphatic carbocycles. The van der Waals surface area contributed by atoms with E-state index in [0.29, 0.717) is 0 Å². The Morgan fingerprint density at radius 1 is 0.929 bits per heavy atom. The van der Waals surface area contributed by atoms with Crippen LogP contribution >= 0.6 is 0 Å². The molecule has 1 N–H and O–H groups in total. The first kappa shape index (κ1) is 22.1. The van der Waals surface area contributed by atoms with E-state index in [1.807, 2.05) is 38.1 Å². The van der Waals surface area contributed by atoms with Crippen molar-refractivity contribution in [2.24, 2.45) is 0 Å². The topological polar surface area (TPSA) is 39.7 Å². The Morgan fingerprint density at radius 2 is 1.71 bits per heavy atom. The van der Waals surface area contributed by atoms with Crippen molar-refractivity contribution in [2.75, 3.05) is 13.7 Å². The maximum atomic E-state index is 6.08. The van der Waals surface area contributed by atoms with Gasteiger partial charge in [0.2, 0.25) is 0 Å². The first-order valence-electron chi connectivity index (χ1n) is 10.4. The quantitative estimate of drug-likeness (QED) is 0.447. The van der Waals surface area contributed by atoms with Gasteiger partial charge < -0.3 is 19.5 Å². The fourth-order valence-corrected chi connectivity index (χ4v) is 3.03. The standard InChI is InChI=1S/C24H35NO3/c1-5-6-7-8-16-27-24-21(10-9-11-23(24)26-4)18-25-17-20-12-14-22(15-13-20)28-19(2)3/h9-15,19,25H,5-8,16-18H2,1-4H3. The molecule has 28 heavy (non-hydrogen) atoms. The van der Waals surface area contributed by atoms with Crippen LogP contribution in [0.2, 0.25) is 0 Å². The van der Waals surface area contributed by atoms with Crippen molar-refractivity contribution >= 4 is 0 Å². The molecule has 0 aliphatic rings. The smallest absolute Gasteiger partial charge is 0.165 e. The molecule has 0 bridgehead atoms. The lowest BCUT2D eigenvalue weighted by Crippen LogP contribution is -2.14. The molecule has 2 aromatic rings. The Balaban J connectivity index is 1.90. The minimum Gasteiger partial charge on any atom is -0.493 e. The van der Waals surface area contributed by atoms with Crippen molar-refractivity contribution in [3.05, 3.63) is 53.6 Å². The summed E-state index contributed by atoms with van der Waals surface area (Å²) in [5.41, 5.74) is 2.34. The number of hydrogen-bond acceptors (Lipinski definition) is 4. The van der Waals surface area contributed by atoms with Gasteiger partial charge in [-0.05, 0) is 44.0 Å². The third-order valence-electron chi connectivity index (χ3n) is 4.46. The van der Waals surface area contributed by atoms with E-state index in [9.17, 15) is 0 Å². The summed E-state index contributed by atoms with van der Waals surface area (Å²) in [4.78, 5) is 0. The van der Waals surface area contributed by atoms with Gasteiger partial charge in [-0.25, -0.2) is 0 Å². The fourth-order valence-electron chi connectivity index (χ4n) is 3.03. The summed E-state index contributed by atoms with van der Waals surface area (Å²) in [6.07, 6.45) is 4.95. The zero-order valence-electron chi connectivity index (χ0n) is 17.8. The molecule has 2 aromatic carbocycles. The van der Waals surface area contributed by atoms with Gasteiger partial charge in [-0.2, -0.15) is 0 Å². The van der Waals surface area contributed by atoms with Crippen molar-refractivity contribution in [3.63, 3.8) is 0 Å². The number of nitrogens with one attached hydrogen (secondary N) is 1. The van der Waals surface area contributed by atoms with E-state index >= 15 is 0 Å². The summed E-state index contributed by atoms with van der Waals surface area (Å²) < 4.78 is 17.3. The van der Waals surface area contributed by atoms with Gasteiger partial charge in [0.25, 0.3) is 0 Å².